The molecular formula is C20H17F3N6O3S. The molecular weight excluding hydrogens is 461 g/mol. The van der Waals surface area contributed by atoms with E-state index >= 15 is 0 Å². The summed E-state index contributed by atoms with van der Waals surface area (Å²) in [6, 6.07) is 3.72. The van der Waals surface area contributed by atoms with Crippen LogP contribution in [0.25, 0.3) is 33.9 Å². The smallest absolute Gasteiger partial charge is 0.433 e. The molecule has 0 aromatic carbocycles. The Balaban J connectivity index is 1.93. The molecule has 0 atom stereocenters. The van der Waals surface area contributed by atoms with Gasteiger partial charge in [-0.25, -0.2) is 23.4 Å². The first-order chi connectivity index (χ1) is 15.5. The van der Waals surface area contributed by atoms with Gasteiger partial charge in [0.2, 0.25) is 5.88 Å². The Morgan fingerprint density at radius 1 is 1.09 bits per heavy atom. The summed E-state index contributed by atoms with van der Waals surface area (Å²) in [5.41, 5.74) is -0.476. The Bertz CT molecular complexity index is 1470. The monoisotopic (exact) mass is 478 g/mol. The number of ether oxygens (including phenoxy) is 1. The number of aromatic nitrogens is 6. The van der Waals surface area contributed by atoms with Crippen LogP contribution in [0, 0.1) is 0 Å². The summed E-state index contributed by atoms with van der Waals surface area (Å²) in [5, 5.41) is 0. The van der Waals surface area contributed by atoms with E-state index in [1.54, 1.807) is 7.05 Å². The summed E-state index contributed by atoms with van der Waals surface area (Å²) in [7, 11) is -0.827. The zero-order valence-electron chi connectivity index (χ0n) is 17.6. The molecule has 0 radical (unpaired) electrons. The van der Waals surface area contributed by atoms with E-state index in [1.165, 1.54) is 43.1 Å². The number of sulfone groups is 1. The van der Waals surface area contributed by atoms with Gasteiger partial charge in [-0.1, -0.05) is 6.92 Å². The summed E-state index contributed by atoms with van der Waals surface area (Å²) in [4.78, 5) is 20.2. The number of fused-ring (bicyclic) bond motifs is 1. The molecule has 4 heterocycles. The highest BCUT2D eigenvalue weighted by Crippen LogP contribution is 2.33. The molecule has 9 nitrogen and oxygen atoms in total. The predicted molar refractivity (Wildman–Crippen MR) is 112 cm³/mol. The van der Waals surface area contributed by atoms with Crippen LogP contribution in [-0.4, -0.2) is 50.8 Å². The lowest BCUT2D eigenvalue weighted by atomic mass is 10.2. The molecule has 0 N–H and O–H groups in total. The molecule has 33 heavy (non-hydrogen) atoms. The first kappa shape index (κ1) is 22.6. The van der Waals surface area contributed by atoms with Gasteiger partial charge in [0.05, 0.1) is 35.0 Å². The van der Waals surface area contributed by atoms with Crippen LogP contribution in [0.4, 0.5) is 13.2 Å². The molecule has 4 rings (SSSR count). The molecule has 0 saturated carbocycles. The van der Waals surface area contributed by atoms with Crippen molar-refractivity contribution in [2.45, 2.75) is 18.0 Å². The Kier molecular flexibility index (Phi) is 5.52. The highest BCUT2D eigenvalue weighted by molar-refractivity contribution is 7.91. The second-order valence-electron chi connectivity index (χ2n) is 6.95. The predicted octanol–water partition coefficient (Wildman–Crippen LogP) is 3.31. The fourth-order valence-corrected chi connectivity index (χ4v) is 4.23. The lowest BCUT2D eigenvalue weighted by Crippen LogP contribution is -2.09. The van der Waals surface area contributed by atoms with E-state index in [0.717, 1.165) is 12.3 Å². The van der Waals surface area contributed by atoms with E-state index in [2.05, 4.69) is 24.9 Å². The van der Waals surface area contributed by atoms with Gasteiger partial charge in [0, 0.05) is 31.1 Å². The minimum atomic E-state index is -4.64. The average molecular weight is 478 g/mol. The number of pyridine rings is 2. The number of hydrogen-bond donors (Lipinski definition) is 0. The third kappa shape index (κ3) is 4.11. The Morgan fingerprint density at radius 2 is 1.85 bits per heavy atom. The minimum Gasteiger partial charge on any atom is -0.481 e. The van der Waals surface area contributed by atoms with Crippen LogP contribution in [0.15, 0.2) is 41.7 Å². The number of aryl methyl sites for hydroxylation is 1. The Morgan fingerprint density at radius 3 is 2.52 bits per heavy atom. The molecule has 0 unspecified atom stereocenters. The number of imidazole rings is 1. The standard InChI is InChI=1S/C20H17F3N6O3S/c1-4-33(30,31)14-7-11(18-24-6-5-16(28-18)32-3)9-26-17(14)19-27-12-8-15(20(21,22)23)25-10-13(12)29(19)2/h5-10H,4H2,1-3H3. The van der Waals surface area contributed by atoms with E-state index in [-0.39, 0.29) is 39.4 Å². The maximum Gasteiger partial charge on any atom is 0.433 e. The third-order valence-corrected chi connectivity index (χ3v) is 6.68. The molecule has 0 spiro atoms. The average Bonchev–Trinajstić information content (AvgIpc) is 3.14. The molecule has 0 fully saturated rings. The maximum atomic E-state index is 13.1. The first-order valence-electron chi connectivity index (χ1n) is 9.55. The van der Waals surface area contributed by atoms with Crippen molar-refractivity contribution in [3.05, 3.63) is 42.5 Å². The van der Waals surface area contributed by atoms with E-state index in [9.17, 15) is 21.6 Å². The fraction of sp³-hybridized carbons (Fsp3) is 0.250. The van der Waals surface area contributed by atoms with Crippen molar-refractivity contribution >= 4 is 20.9 Å². The molecule has 13 heteroatoms. The molecule has 4 aromatic rings. The largest absolute Gasteiger partial charge is 0.481 e. The Hall–Kier alpha value is -3.61. The molecule has 0 amide bonds. The van der Waals surface area contributed by atoms with Crippen molar-refractivity contribution in [2.75, 3.05) is 12.9 Å². The van der Waals surface area contributed by atoms with Gasteiger partial charge >= 0.3 is 6.18 Å². The number of nitrogens with zero attached hydrogens (tertiary/aromatic N) is 6. The second kappa shape index (κ2) is 8.06. The zero-order valence-corrected chi connectivity index (χ0v) is 18.4. The van der Waals surface area contributed by atoms with Crippen molar-refractivity contribution in [1.29, 1.82) is 0 Å². The van der Waals surface area contributed by atoms with Crippen LogP contribution in [0.1, 0.15) is 12.6 Å². The van der Waals surface area contributed by atoms with Crippen molar-refractivity contribution in [2.24, 2.45) is 7.05 Å². The fourth-order valence-electron chi connectivity index (χ4n) is 3.18. The summed E-state index contributed by atoms with van der Waals surface area (Å²) in [6.07, 6.45) is -0.766. The van der Waals surface area contributed by atoms with Crippen LogP contribution < -0.4 is 4.74 Å². The lowest BCUT2D eigenvalue weighted by molar-refractivity contribution is -0.141. The van der Waals surface area contributed by atoms with Crippen LogP contribution in [-0.2, 0) is 23.1 Å². The van der Waals surface area contributed by atoms with Gasteiger partial charge in [-0.05, 0) is 12.1 Å². The van der Waals surface area contributed by atoms with Crippen LogP contribution in [0.5, 0.6) is 5.88 Å². The summed E-state index contributed by atoms with van der Waals surface area (Å²) >= 11 is 0. The molecule has 4 aromatic heterocycles. The van der Waals surface area contributed by atoms with Crippen molar-refractivity contribution in [3.63, 3.8) is 0 Å². The molecule has 0 saturated heterocycles. The van der Waals surface area contributed by atoms with Gasteiger partial charge < -0.3 is 9.30 Å². The van der Waals surface area contributed by atoms with Crippen molar-refractivity contribution < 1.29 is 26.3 Å². The van der Waals surface area contributed by atoms with Crippen molar-refractivity contribution in [3.8, 4) is 28.8 Å². The van der Waals surface area contributed by atoms with Crippen LogP contribution in [0.2, 0.25) is 0 Å². The van der Waals surface area contributed by atoms with Gasteiger partial charge in [0.25, 0.3) is 0 Å². The zero-order chi connectivity index (χ0) is 24.0. The lowest BCUT2D eigenvalue weighted by Gasteiger charge is -2.11. The molecule has 0 aliphatic heterocycles. The van der Waals surface area contributed by atoms with E-state index < -0.39 is 21.7 Å². The number of hydrogen-bond acceptors (Lipinski definition) is 8. The number of rotatable bonds is 5. The first-order valence-corrected chi connectivity index (χ1v) is 11.2. The van der Waals surface area contributed by atoms with Crippen LogP contribution in [0.3, 0.4) is 0 Å². The van der Waals surface area contributed by atoms with E-state index in [0.29, 0.717) is 11.1 Å². The van der Waals surface area contributed by atoms with Crippen molar-refractivity contribution in [1.82, 2.24) is 29.5 Å². The summed E-state index contributed by atoms with van der Waals surface area (Å²) in [5.74, 6) is 0.335. The van der Waals surface area contributed by atoms with Gasteiger partial charge in [0.15, 0.2) is 21.5 Å². The maximum absolute atomic E-state index is 13.1. The molecule has 172 valence electrons. The topological polar surface area (TPSA) is 113 Å². The SMILES string of the molecule is CCS(=O)(=O)c1cc(-c2nccc(OC)n2)cnc1-c1nc2cc(C(F)(F)F)ncc2n1C. The normalized spacial score (nSPS) is 12.3. The summed E-state index contributed by atoms with van der Waals surface area (Å²) in [6.45, 7) is 1.47. The van der Waals surface area contributed by atoms with Gasteiger partial charge in [-0.2, -0.15) is 18.2 Å². The Labute approximate surface area is 186 Å². The van der Waals surface area contributed by atoms with Crippen LogP contribution >= 0.6 is 0 Å². The minimum absolute atomic E-state index is 0.00393. The van der Waals surface area contributed by atoms with Gasteiger partial charge in [0.1, 0.15) is 11.4 Å². The number of alkyl halides is 3. The highest BCUT2D eigenvalue weighted by Gasteiger charge is 2.33. The summed E-state index contributed by atoms with van der Waals surface area (Å²) < 4.78 is 71.5. The van der Waals surface area contributed by atoms with Gasteiger partial charge in [-0.15, -0.1) is 0 Å². The third-order valence-electron chi connectivity index (χ3n) is 4.93. The van der Waals surface area contributed by atoms with E-state index in [1.807, 2.05) is 0 Å². The molecule has 0 aliphatic carbocycles. The molecule has 0 aliphatic rings. The quantitative estimate of drug-likeness (QED) is 0.429. The highest BCUT2D eigenvalue weighted by atomic mass is 32.2. The second-order valence-corrected chi connectivity index (χ2v) is 9.19. The molecule has 0 bridgehead atoms. The number of halogens is 3. The van der Waals surface area contributed by atoms with E-state index in [4.69, 9.17) is 4.74 Å². The number of methoxy groups -OCH3 is 1. The van der Waals surface area contributed by atoms with Gasteiger partial charge in [-0.3, -0.25) is 4.98 Å².